The highest BCUT2D eigenvalue weighted by Gasteiger charge is 2.35. The van der Waals surface area contributed by atoms with Crippen molar-refractivity contribution in [1.82, 2.24) is 0 Å². The summed E-state index contributed by atoms with van der Waals surface area (Å²) in [6, 6.07) is 16.4. The molecule has 17 heteroatoms. The number of carbonyl (C=O) groups excluding carboxylic acids is 2. The predicted molar refractivity (Wildman–Crippen MR) is 247 cm³/mol. The number of hydrogen-bond donors (Lipinski definition) is 1. The molecule has 0 aliphatic carbocycles. The number of aromatic hydroxyl groups is 1. The molecule has 0 aromatic heterocycles. The molecule has 10 nitrogen and oxygen atoms in total. The van der Waals surface area contributed by atoms with Crippen LogP contribution in [0, 0.1) is 13.8 Å². The molecule has 2 amide bonds. The van der Waals surface area contributed by atoms with E-state index in [4.69, 9.17) is 25.8 Å². The van der Waals surface area contributed by atoms with Gasteiger partial charge in [-0.15, -0.1) is 37.9 Å². The summed E-state index contributed by atoms with van der Waals surface area (Å²) in [5, 5.41) is 9.66. The molecule has 0 atom stereocenters. The fourth-order valence-corrected chi connectivity index (χ4v) is 7.48. The third-order valence-corrected chi connectivity index (χ3v) is 10.8. The van der Waals surface area contributed by atoms with Gasteiger partial charge in [0.15, 0.2) is 0 Å². The van der Waals surface area contributed by atoms with Crippen LogP contribution in [0.1, 0.15) is 126 Å². The summed E-state index contributed by atoms with van der Waals surface area (Å²) in [7, 11) is 0. The molecule has 4 aromatic rings. The molecule has 0 saturated heterocycles. The Bertz CT molecular complexity index is 2370. The summed E-state index contributed by atoms with van der Waals surface area (Å²) in [6.45, 7) is 23.2. The van der Waals surface area contributed by atoms with Crippen molar-refractivity contribution in [3.63, 3.8) is 0 Å². The van der Waals surface area contributed by atoms with Gasteiger partial charge in [-0.05, 0) is 161 Å². The largest absolute Gasteiger partial charge is 0.573 e. The number of alkyl halides is 7. The highest BCUT2D eigenvalue weighted by atomic mass is 35.5. The smallest absolute Gasteiger partial charge is 0.508 e. The van der Waals surface area contributed by atoms with Gasteiger partial charge in [0.05, 0.1) is 11.4 Å². The Kier molecular flexibility index (Phi) is 17.5. The molecule has 2 aliphatic rings. The Labute approximate surface area is 394 Å². The number of rotatable bonds is 8. The van der Waals surface area contributed by atoms with Crippen LogP contribution in [-0.2, 0) is 34.8 Å². The van der Waals surface area contributed by atoms with Crippen molar-refractivity contribution in [3.05, 3.63) is 105 Å². The van der Waals surface area contributed by atoms with Gasteiger partial charge in [0.25, 0.3) is 0 Å². The summed E-state index contributed by atoms with van der Waals surface area (Å²) in [5.41, 5.74) is 6.48. The SMILES string of the molecule is CC(C)c1ccc(CCl)cc1OC(F)(F)F.Cc1c(O)ccc2c1CCN2C(=O)OC(C)(C)C.Cc1c(OCc2ccc(C(C)C)c(OC(F)(F)F)c2)ccc2c1CCN2C(=O)OC(C)(C)C. The van der Waals surface area contributed by atoms with E-state index in [9.17, 15) is 41.0 Å². The van der Waals surface area contributed by atoms with Gasteiger partial charge in [-0.25, -0.2) is 9.59 Å². The number of ether oxygens (including phenoxy) is 5. The molecule has 2 aliphatic heterocycles. The molecular weight excluding hydrogens is 906 g/mol. The predicted octanol–water partition coefficient (Wildman–Crippen LogP) is 14.3. The van der Waals surface area contributed by atoms with E-state index in [1.165, 1.54) is 12.1 Å². The van der Waals surface area contributed by atoms with Crippen LogP contribution in [0.2, 0.25) is 0 Å². The van der Waals surface area contributed by atoms with Crippen LogP contribution in [0.15, 0.2) is 60.7 Å². The number of nitrogens with zero attached hydrogens (tertiary/aromatic N) is 2. The van der Waals surface area contributed by atoms with Crippen molar-refractivity contribution in [2.45, 2.75) is 144 Å². The van der Waals surface area contributed by atoms with E-state index in [2.05, 4.69) is 9.47 Å². The van der Waals surface area contributed by atoms with Crippen molar-refractivity contribution >= 4 is 35.2 Å². The first kappa shape index (κ1) is 54.1. The van der Waals surface area contributed by atoms with E-state index >= 15 is 0 Å². The normalized spacial score (nSPS) is 13.6. The van der Waals surface area contributed by atoms with Crippen LogP contribution in [0.4, 0.5) is 47.3 Å². The van der Waals surface area contributed by atoms with Gasteiger partial charge in [0.1, 0.15) is 40.8 Å². The minimum Gasteiger partial charge on any atom is -0.508 e. The zero-order valence-electron chi connectivity index (χ0n) is 40.0. The maximum atomic E-state index is 12.8. The number of anilines is 2. The first-order valence-corrected chi connectivity index (χ1v) is 22.3. The van der Waals surface area contributed by atoms with Crippen LogP contribution >= 0.6 is 11.6 Å². The van der Waals surface area contributed by atoms with Gasteiger partial charge in [-0.2, -0.15) is 0 Å². The number of benzene rings is 4. The van der Waals surface area contributed by atoms with E-state index in [1.54, 1.807) is 66.1 Å². The summed E-state index contributed by atoms with van der Waals surface area (Å²) in [5.74, 6) is 0.515. The lowest BCUT2D eigenvalue weighted by Crippen LogP contribution is -2.35. The lowest BCUT2D eigenvalue weighted by atomic mass is 10.0. The molecule has 67 heavy (non-hydrogen) atoms. The zero-order chi connectivity index (χ0) is 50.4. The second-order valence-corrected chi connectivity index (χ2v) is 19.0. The molecule has 0 bridgehead atoms. The molecule has 1 N–H and O–H groups in total. The van der Waals surface area contributed by atoms with Gasteiger partial charge < -0.3 is 28.8 Å². The molecule has 0 radical (unpaired) electrons. The average Bonchev–Trinajstić information content (AvgIpc) is 3.83. The fourth-order valence-electron chi connectivity index (χ4n) is 7.32. The second-order valence-electron chi connectivity index (χ2n) is 18.7. The van der Waals surface area contributed by atoms with Crippen LogP contribution in [-0.4, -0.2) is 54.3 Å². The van der Waals surface area contributed by atoms with Crippen LogP contribution in [0.3, 0.4) is 0 Å². The average molecular weight is 967 g/mol. The van der Waals surface area contributed by atoms with Crippen molar-refractivity contribution in [2.75, 3.05) is 22.9 Å². The number of carbonyl (C=O) groups is 2. The third-order valence-electron chi connectivity index (χ3n) is 10.4. The first-order valence-electron chi connectivity index (χ1n) is 21.8. The highest BCUT2D eigenvalue weighted by molar-refractivity contribution is 6.17. The number of amides is 2. The first-order chi connectivity index (χ1) is 30.9. The Morgan fingerprint density at radius 3 is 1.46 bits per heavy atom. The quantitative estimate of drug-likeness (QED) is 0.137. The van der Waals surface area contributed by atoms with Crippen molar-refractivity contribution in [1.29, 1.82) is 0 Å². The molecular formula is C50H61ClF6N2O8. The van der Waals surface area contributed by atoms with Crippen LogP contribution in [0.25, 0.3) is 0 Å². The molecule has 0 unspecified atom stereocenters. The molecule has 6 rings (SSSR count). The Hall–Kier alpha value is -5.51. The van der Waals surface area contributed by atoms with Crippen LogP contribution < -0.4 is 24.0 Å². The molecule has 0 fully saturated rings. The molecule has 0 spiro atoms. The number of fused-ring (bicyclic) bond motifs is 2. The minimum atomic E-state index is -4.76. The number of phenols is 1. The van der Waals surface area contributed by atoms with E-state index in [0.717, 1.165) is 40.0 Å². The summed E-state index contributed by atoms with van der Waals surface area (Å²) < 4.78 is 100. The second kappa shape index (κ2) is 21.6. The summed E-state index contributed by atoms with van der Waals surface area (Å²) >= 11 is 5.57. The standard InChI is InChI=1S/C25H30F3NO4.C14H19NO3.C11H12ClF3O/c1-15(2)18-8-7-17(13-22(18)32-25(26,27)28)14-31-21-10-9-20-19(16(21)3)11-12-29(20)23(30)33-24(4,5)6;1-9-10-7-8-15(11(10)5-6-12(9)16)13(17)18-14(2,3)4;1-7(2)9-4-3-8(6-12)5-10(9)16-11(13,14)15/h7-10,13,15H,11-12,14H2,1-6H3;5-6,16H,7-8H2,1-4H3;3-5,7H,6H2,1-2H3. The lowest BCUT2D eigenvalue weighted by molar-refractivity contribution is -0.276. The van der Waals surface area contributed by atoms with Gasteiger partial charge in [0.2, 0.25) is 0 Å². The molecule has 4 aromatic carbocycles. The number of phenolic OH excluding ortho intramolecular Hbond substituents is 1. The summed E-state index contributed by atoms with van der Waals surface area (Å²) in [4.78, 5) is 27.8. The van der Waals surface area contributed by atoms with Gasteiger partial charge >= 0.3 is 24.9 Å². The molecule has 368 valence electrons. The summed E-state index contributed by atoms with van der Waals surface area (Å²) in [6.07, 6.45) is -8.73. The van der Waals surface area contributed by atoms with E-state index < -0.39 is 30.0 Å². The van der Waals surface area contributed by atoms with Crippen molar-refractivity contribution < 1.29 is 64.7 Å². The molecule has 0 saturated carbocycles. The van der Waals surface area contributed by atoms with Gasteiger partial charge in [-0.1, -0.05) is 52.0 Å². The van der Waals surface area contributed by atoms with Crippen molar-refractivity contribution in [2.24, 2.45) is 0 Å². The Morgan fingerprint density at radius 1 is 0.627 bits per heavy atom. The lowest BCUT2D eigenvalue weighted by Gasteiger charge is -2.25. The van der Waals surface area contributed by atoms with E-state index in [0.29, 0.717) is 47.5 Å². The van der Waals surface area contributed by atoms with Crippen LogP contribution in [0.5, 0.6) is 23.0 Å². The van der Waals surface area contributed by atoms with E-state index in [-0.39, 0.29) is 47.7 Å². The number of hydrogen-bond acceptors (Lipinski definition) is 8. The monoisotopic (exact) mass is 966 g/mol. The number of halogens is 7. The topological polar surface area (TPSA) is 107 Å². The minimum absolute atomic E-state index is 0.0401. The Balaban J connectivity index is 0.000000242. The highest BCUT2D eigenvalue weighted by Crippen LogP contribution is 2.39. The Morgan fingerprint density at radius 2 is 1.04 bits per heavy atom. The maximum Gasteiger partial charge on any atom is 0.573 e. The fraction of sp³-hybridized carbons (Fsp3) is 0.480. The maximum absolute atomic E-state index is 12.8. The van der Waals surface area contributed by atoms with Gasteiger partial charge in [0, 0.05) is 19.0 Å². The zero-order valence-corrected chi connectivity index (χ0v) is 40.8. The van der Waals surface area contributed by atoms with E-state index in [1.807, 2.05) is 75.3 Å². The molecule has 2 heterocycles. The van der Waals surface area contributed by atoms with Gasteiger partial charge in [-0.3, -0.25) is 9.80 Å². The third kappa shape index (κ3) is 15.5. The van der Waals surface area contributed by atoms with Crippen molar-refractivity contribution in [3.8, 4) is 23.0 Å².